The number of alkyl halides is 3. The van der Waals surface area contributed by atoms with Crippen molar-refractivity contribution in [2.45, 2.75) is 12.3 Å². The van der Waals surface area contributed by atoms with Crippen LogP contribution in [-0.2, 0) is 9.59 Å². The van der Waals surface area contributed by atoms with Crippen LogP contribution in [0.5, 0.6) is 0 Å². The fourth-order valence-electron chi connectivity index (χ4n) is 1.11. The van der Waals surface area contributed by atoms with Crippen molar-refractivity contribution < 1.29 is 32.3 Å². The summed E-state index contributed by atoms with van der Waals surface area (Å²) >= 11 is 0. The molecule has 1 rings (SSSR count). The van der Waals surface area contributed by atoms with Gasteiger partial charge in [-0.25, -0.2) is 0 Å². The number of rotatable bonds is 4. The maximum atomic E-state index is 11.8. The molecule has 1 atom stereocenters. The molecule has 19 heavy (non-hydrogen) atoms. The molecule has 0 fully saturated rings. The monoisotopic (exact) mass is 280 g/mol. The van der Waals surface area contributed by atoms with E-state index in [-0.39, 0.29) is 6.54 Å². The summed E-state index contributed by atoms with van der Waals surface area (Å²) in [5.41, 5.74) is 0.371. The van der Waals surface area contributed by atoms with Gasteiger partial charge < -0.3 is 20.2 Å². The number of aliphatic hydroxyl groups is 1. The molecule has 6 nitrogen and oxygen atoms in total. The summed E-state index contributed by atoms with van der Waals surface area (Å²) < 4.78 is 40.0. The molecule has 3 N–H and O–H groups in total. The number of hydrogen-bond acceptors (Lipinski definition) is 4. The number of aliphatic hydroxyl groups excluding tert-OH is 1. The molecule has 0 aromatic carbocycles. The largest absolute Gasteiger partial charge is 0.472 e. The number of carbonyl (C=O) groups excluding carboxylic acids is 2. The van der Waals surface area contributed by atoms with Gasteiger partial charge >= 0.3 is 18.0 Å². The predicted octanol–water partition coefficient (Wildman–Crippen LogP) is 0.108. The average Bonchev–Trinajstić information content (AvgIpc) is 2.85. The van der Waals surface area contributed by atoms with Crippen molar-refractivity contribution in [3.8, 4) is 0 Å². The third-order valence-electron chi connectivity index (χ3n) is 2.04. The molecule has 1 aromatic heterocycles. The molecular formula is C10H11F3N2O4. The third-order valence-corrected chi connectivity index (χ3v) is 2.04. The van der Waals surface area contributed by atoms with Crippen molar-refractivity contribution in [2.75, 3.05) is 13.1 Å². The van der Waals surface area contributed by atoms with Gasteiger partial charge in [-0.3, -0.25) is 9.59 Å². The van der Waals surface area contributed by atoms with Crippen LogP contribution in [0.4, 0.5) is 13.2 Å². The zero-order valence-electron chi connectivity index (χ0n) is 9.53. The van der Waals surface area contributed by atoms with Crippen LogP contribution in [0.2, 0.25) is 0 Å². The van der Waals surface area contributed by atoms with Gasteiger partial charge in [-0.05, 0) is 6.07 Å². The van der Waals surface area contributed by atoms with Gasteiger partial charge in [-0.15, -0.1) is 0 Å². The van der Waals surface area contributed by atoms with Gasteiger partial charge in [-0.1, -0.05) is 0 Å². The zero-order chi connectivity index (χ0) is 14.5. The summed E-state index contributed by atoms with van der Waals surface area (Å²) in [7, 11) is 0. The number of amides is 2. The maximum absolute atomic E-state index is 11.8. The van der Waals surface area contributed by atoms with E-state index in [1.165, 1.54) is 23.9 Å². The van der Waals surface area contributed by atoms with Gasteiger partial charge in [0, 0.05) is 12.1 Å². The molecule has 0 saturated carbocycles. The smallest absolute Gasteiger partial charge is 0.405 e. The average molecular weight is 280 g/mol. The Hall–Kier alpha value is -2.03. The molecule has 2 amide bonds. The van der Waals surface area contributed by atoms with E-state index in [0.29, 0.717) is 5.56 Å². The summed E-state index contributed by atoms with van der Waals surface area (Å²) in [5, 5.41) is 12.9. The van der Waals surface area contributed by atoms with Crippen LogP contribution in [0, 0.1) is 0 Å². The third kappa shape index (κ3) is 5.42. The van der Waals surface area contributed by atoms with Crippen LogP contribution in [0.15, 0.2) is 23.0 Å². The van der Waals surface area contributed by atoms with E-state index in [1.54, 1.807) is 0 Å². The molecule has 0 aliphatic rings. The van der Waals surface area contributed by atoms with Crippen LogP contribution in [0.3, 0.4) is 0 Å². The van der Waals surface area contributed by atoms with Crippen molar-refractivity contribution in [2.24, 2.45) is 0 Å². The first-order chi connectivity index (χ1) is 8.79. The zero-order valence-corrected chi connectivity index (χ0v) is 9.53. The van der Waals surface area contributed by atoms with E-state index >= 15 is 0 Å². The van der Waals surface area contributed by atoms with Crippen LogP contribution in [0.1, 0.15) is 11.7 Å². The topological polar surface area (TPSA) is 91.6 Å². The Morgan fingerprint density at radius 3 is 2.47 bits per heavy atom. The standard InChI is InChI=1S/C10H11F3N2O4/c11-10(12,13)5-15-9(18)8(17)14-3-7(16)6-1-2-19-4-6/h1-2,4,7,16H,3,5H2,(H,14,17)(H,15,18). The molecule has 0 aliphatic heterocycles. The second-order valence-corrected chi connectivity index (χ2v) is 3.58. The minimum atomic E-state index is -4.59. The molecule has 0 spiro atoms. The van der Waals surface area contributed by atoms with Crippen molar-refractivity contribution in [1.82, 2.24) is 10.6 Å². The molecule has 1 unspecified atom stereocenters. The second-order valence-electron chi connectivity index (χ2n) is 3.58. The first kappa shape index (κ1) is 15.0. The molecule has 106 valence electrons. The second kappa shape index (κ2) is 6.23. The van der Waals surface area contributed by atoms with Gasteiger partial charge in [0.15, 0.2) is 0 Å². The van der Waals surface area contributed by atoms with E-state index in [4.69, 9.17) is 0 Å². The number of furan rings is 1. The van der Waals surface area contributed by atoms with E-state index in [2.05, 4.69) is 4.42 Å². The quantitative estimate of drug-likeness (QED) is 0.682. The summed E-state index contributed by atoms with van der Waals surface area (Å²) in [5.74, 6) is -2.68. The normalized spacial score (nSPS) is 12.8. The lowest BCUT2D eigenvalue weighted by Gasteiger charge is -2.11. The highest BCUT2D eigenvalue weighted by atomic mass is 19.4. The molecule has 1 aromatic rings. The van der Waals surface area contributed by atoms with Crippen LogP contribution in [-0.4, -0.2) is 36.2 Å². The fraction of sp³-hybridized carbons (Fsp3) is 0.400. The van der Waals surface area contributed by atoms with Gasteiger partial charge in [-0.2, -0.15) is 13.2 Å². The molecule has 9 heteroatoms. The van der Waals surface area contributed by atoms with Crippen LogP contribution < -0.4 is 10.6 Å². The Bertz CT molecular complexity index is 430. The minimum absolute atomic E-state index is 0.322. The van der Waals surface area contributed by atoms with E-state index in [0.717, 1.165) is 0 Å². The fourth-order valence-corrected chi connectivity index (χ4v) is 1.11. The minimum Gasteiger partial charge on any atom is -0.472 e. The van der Waals surface area contributed by atoms with Crippen molar-refractivity contribution in [1.29, 1.82) is 0 Å². The predicted molar refractivity (Wildman–Crippen MR) is 55.7 cm³/mol. The van der Waals surface area contributed by atoms with E-state index in [9.17, 15) is 27.9 Å². The Morgan fingerprint density at radius 1 is 1.32 bits per heavy atom. The van der Waals surface area contributed by atoms with Gasteiger partial charge in [0.1, 0.15) is 6.54 Å². The lowest BCUT2D eigenvalue weighted by atomic mass is 10.2. The highest BCUT2D eigenvalue weighted by molar-refractivity contribution is 6.35. The van der Waals surface area contributed by atoms with Crippen molar-refractivity contribution in [3.05, 3.63) is 24.2 Å². The lowest BCUT2D eigenvalue weighted by molar-refractivity contribution is -0.146. The Kier molecular flexibility index (Phi) is 4.93. The molecule has 0 aliphatic carbocycles. The first-order valence-corrected chi connectivity index (χ1v) is 5.12. The van der Waals surface area contributed by atoms with Crippen LogP contribution in [0.25, 0.3) is 0 Å². The SMILES string of the molecule is O=C(NCC(O)c1ccoc1)C(=O)NCC(F)(F)F. The van der Waals surface area contributed by atoms with E-state index in [1.807, 2.05) is 5.32 Å². The van der Waals surface area contributed by atoms with E-state index < -0.39 is 30.6 Å². The summed E-state index contributed by atoms with van der Waals surface area (Å²) in [4.78, 5) is 22.1. The summed E-state index contributed by atoms with van der Waals surface area (Å²) in [6, 6.07) is 1.44. The highest BCUT2D eigenvalue weighted by Gasteiger charge is 2.29. The molecule has 1 heterocycles. The number of halogens is 3. The van der Waals surface area contributed by atoms with Crippen molar-refractivity contribution in [3.63, 3.8) is 0 Å². The Balaban J connectivity index is 2.33. The number of nitrogens with one attached hydrogen (secondary N) is 2. The molecule has 0 radical (unpaired) electrons. The van der Waals surface area contributed by atoms with Gasteiger partial charge in [0.2, 0.25) is 0 Å². The van der Waals surface area contributed by atoms with Gasteiger partial charge in [0.05, 0.1) is 18.6 Å². The van der Waals surface area contributed by atoms with Gasteiger partial charge in [0.25, 0.3) is 0 Å². The van der Waals surface area contributed by atoms with Crippen molar-refractivity contribution >= 4 is 11.8 Å². The summed E-state index contributed by atoms with van der Waals surface area (Å²) in [6.45, 7) is -1.92. The number of hydrogen-bond donors (Lipinski definition) is 3. The Morgan fingerprint density at radius 2 is 1.95 bits per heavy atom. The van der Waals surface area contributed by atoms with Crippen LogP contribution >= 0.6 is 0 Å². The molecule has 0 saturated heterocycles. The maximum Gasteiger partial charge on any atom is 0.405 e. The molecular weight excluding hydrogens is 269 g/mol. The number of carbonyl (C=O) groups is 2. The highest BCUT2D eigenvalue weighted by Crippen LogP contribution is 2.12. The Labute approximate surface area is 105 Å². The summed E-state index contributed by atoms with van der Waals surface area (Å²) in [6.07, 6.45) is -3.17. The lowest BCUT2D eigenvalue weighted by Crippen LogP contribution is -2.44. The first-order valence-electron chi connectivity index (χ1n) is 5.12. The molecule has 0 bridgehead atoms.